The molecule has 0 N–H and O–H groups in total. The summed E-state index contributed by atoms with van der Waals surface area (Å²) in [5.41, 5.74) is 1.66. The van der Waals surface area contributed by atoms with Crippen molar-refractivity contribution in [3.05, 3.63) is 59.7 Å². The monoisotopic (exact) mass is 700 g/mol. The first-order chi connectivity index (χ1) is 23.6. The smallest absolute Gasteiger partial charge is 0.254 e. The Kier molecular flexibility index (Phi) is 12.2. The Bertz CT molecular complexity index is 1230. The molecule has 0 spiro atoms. The maximum absolute atomic E-state index is 14.1. The summed E-state index contributed by atoms with van der Waals surface area (Å²) in [6.45, 7) is 9.16. The highest BCUT2D eigenvalue weighted by Gasteiger charge is 2.38. The lowest BCUT2D eigenvalue weighted by molar-refractivity contribution is 0.0441. The number of amides is 2. The number of nitrogens with zero attached hydrogens (tertiary/aromatic N) is 2. The van der Waals surface area contributed by atoms with Crippen LogP contribution in [-0.4, -0.2) is 62.4 Å². The summed E-state index contributed by atoms with van der Waals surface area (Å²) in [5, 5.41) is 2.46. The zero-order valence-electron chi connectivity index (χ0n) is 31.2. The van der Waals surface area contributed by atoms with E-state index in [1.54, 1.807) is 0 Å². The van der Waals surface area contributed by atoms with E-state index in [2.05, 4.69) is 84.5 Å². The highest BCUT2D eigenvalue weighted by Crippen LogP contribution is 2.33. The van der Waals surface area contributed by atoms with E-state index in [9.17, 15) is 9.59 Å². The van der Waals surface area contributed by atoms with Crippen LogP contribution < -0.4 is 10.4 Å². The molecule has 49 heavy (non-hydrogen) atoms. The molecule has 4 saturated carbocycles. The van der Waals surface area contributed by atoms with Crippen LogP contribution in [0.15, 0.2) is 48.5 Å². The molecule has 0 saturated heterocycles. The largest absolute Gasteiger partial charge is 0.449 e. The lowest BCUT2D eigenvalue weighted by atomic mass is 9.88. The molecule has 2 aromatic carbocycles. The molecule has 0 aliphatic heterocycles. The molecule has 0 atom stereocenters. The quantitative estimate of drug-likeness (QED) is 0.232. The lowest BCUT2D eigenvalue weighted by Gasteiger charge is -2.42. The Balaban J connectivity index is 1.14. The Morgan fingerprint density at radius 3 is 0.939 bits per heavy atom. The summed E-state index contributed by atoms with van der Waals surface area (Å²) >= 11 is 0. The molecular weight excluding hydrogens is 637 g/mol. The minimum atomic E-state index is -2.28. The second-order valence-electron chi connectivity index (χ2n) is 16.9. The van der Waals surface area contributed by atoms with E-state index in [0.29, 0.717) is 24.2 Å². The molecule has 0 radical (unpaired) electrons. The molecule has 2 aromatic rings. The maximum atomic E-state index is 14.1. The van der Waals surface area contributed by atoms with Crippen molar-refractivity contribution in [3.8, 4) is 0 Å². The molecule has 0 unspecified atom stereocenters. The third-order valence-corrected chi connectivity index (χ3v) is 20.0. The van der Waals surface area contributed by atoms with Crippen molar-refractivity contribution in [2.45, 2.75) is 179 Å². The minimum Gasteiger partial charge on any atom is -0.449 e. The molecule has 5 nitrogen and oxygen atoms in total. The highest BCUT2D eigenvalue weighted by molar-refractivity contribution is 6.96. The zero-order valence-corrected chi connectivity index (χ0v) is 33.2. The van der Waals surface area contributed by atoms with Gasteiger partial charge in [-0.2, -0.15) is 0 Å². The van der Waals surface area contributed by atoms with E-state index < -0.39 is 16.6 Å². The first-order valence-corrected chi connectivity index (χ1v) is 26.0. The molecule has 6 rings (SSSR count). The van der Waals surface area contributed by atoms with Crippen LogP contribution in [0.1, 0.15) is 149 Å². The van der Waals surface area contributed by atoms with Gasteiger partial charge in [0, 0.05) is 35.3 Å². The van der Waals surface area contributed by atoms with Crippen molar-refractivity contribution in [1.29, 1.82) is 0 Å². The summed E-state index contributed by atoms with van der Waals surface area (Å²) in [6.07, 6.45) is 24.4. The van der Waals surface area contributed by atoms with Crippen LogP contribution in [0, 0.1) is 0 Å². The number of carbonyl (C=O) groups is 2. The van der Waals surface area contributed by atoms with Crippen LogP contribution in [0.25, 0.3) is 0 Å². The topological polar surface area (TPSA) is 49.9 Å². The lowest BCUT2D eigenvalue weighted by Crippen LogP contribution is -2.57. The van der Waals surface area contributed by atoms with Gasteiger partial charge in [0.15, 0.2) is 0 Å². The molecule has 7 heteroatoms. The Hall–Kier alpha value is -2.23. The van der Waals surface area contributed by atoms with Gasteiger partial charge in [-0.25, -0.2) is 0 Å². The molecular formula is C42H64N2O3Si2. The van der Waals surface area contributed by atoms with Crippen LogP contribution in [0.2, 0.25) is 26.2 Å². The molecule has 2 amide bonds. The van der Waals surface area contributed by atoms with Gasteiger partial charge in [-0.3, -0.25) is 9.59 Å². The van der Waals surface area contributed by atoms with Crippen molar-refractivity contribution in [3.63, 3.8) is 0 Å². The van der Waals surface area contributed by atoms with Gasteiger partial charge in [0.2, 0.25) is 16.6 Å². The molecule has 4 fully saturated rings. The minimum absolute atomic E-state index is 0.237. The van der Waals surface area contributed by atoms with Gasteiger partial charge in [-0.1, -0.05) is 101 Å². The Labute approximate surface area is 299 Å². The van der Waals surface area contributed by atoms with E-state index in [1.165, 1.54) is 87.4 Å². The summed E-state index contributed by atoms with van der Waals surface area (Å²) in [4.78, 5) is 32.8. The van der Waals surface area contributed by atoms with Gasteiger partial charge < -0.3 is 13.9 Å². The number of benzene rings is 2. The molecule has 4 aliphatic rings. The van der Waals surface area contributed by atoms with Crippen LogP contribution in [0.5, 0.6) is 0 Å². The molecule has 268 valence electrons. The standard InChI is InChI=1S/C42H64N2O3Si2/c1-48(2,39-29-25-33(26-30-39)41(45)43(35-17-9-5-10-18-35)36-19-11-6-12-20-36)47-49(3,4)40-31-27-34(28-32-40)42(46)44(37-21-13-7-14-22-37)38-23-15-8-16-24-38/h25-32,35-38H,5-24H2,1-4H3. The van der Waals surface area contributed by atoms with E-state index in [-0.39, 0.29) is 11.8 Å². The van der Waals surface area contributed by atoms with Gasteiger partial charge in [-0.15, -0.1) is 0 Å². The van der Waals surface area contributed by atoms with Crippen LogP contribution in [-0.2, 0) is 4.12 Å². The van der Waals surface area contributed by atoms with E-state index in [4.69, 9.17) is 4.12 Å². The van der Waals surface area contributed by atoms with Crippen molar-refractivity contribution < 1.29 is 13.7 Å². The molecule has 0 bridgehead atoms. The fourth-order valence-electron chi connectivity index (χ4n) is 9.78. The van der Waals surface area contributed by atoms with E-state index in [1.807, 2.05) is 0 Å². The summed E-state index contributed by atoms with van der Waals surface area (Å²) in [7, 11) is -4.57. The van der Waals surface area contributed by atoms with Crippen molar-refractivity contribution in [2.75, 3.05) is 0 Å². The normalized spacial score (nSPS) is 21.0. The fourth-order valence-corrected chi connectivity index (χ4v) is 17.8. The molecule has 0 heterocycles. The van der Waals surface area contributed by atoms with Gasteiger partial charge in [0.1, 0.15) is 0 Å². The predicted octanol–water partition coefficient (Wildman–Crippen LogP) is 9.44. The average molecular weight is 701 g/mol. The number of rotatable bonds is 10. The van der Waals surface area contributed by atoms with Gasteiger partial charge in [0.05, 0.1) is 0 Å². The molecule has 4 aliphatic carbocycles. The first-order valence-electron chi connectivity index (χ1n) is 20.2. The summed E-state index contributed by atoms with van der Waals surface area (Å²) in [5.74, 6) is 0.473. The third kappa shape index (κ3) is 8.81. The Morgan fingerprint density at radius 2 is 0.694 bits per heavy atom. The van der Waals surface area contributed by atoms with Crippen molar-refractivity contribution >= 4 is 38.8 Å². The summed E-state index contributed by atoms with van der Waals surface area (Å²) in [6, 6.07) is 18.6. The van der Waals surface area contributed by atoms with E-state index in [0.717, 1.165) is 62.5 Å². The van der Waals surface area contributed by atoms with Gasteiger partial charge in [-0.05, 0) is 112 Å². The SMILES string of the molecule is C[Si](C)(O[Si](C)(C)c1ccc(C(=O)N(C2CCCCC2)C2CCCCC2)cc1)c1ccc(C(=O)N(C2CCCCC2)C2CCCCC2)cc1. The van der Waals surface area contributed by atoms with E-state index >= 15 is 0 Å². The first kappa shape index (κ1) is 36.6. The van der Waals surface area contributed by atoms with Crippen LogP contribution in [0.4, 0.5) is 0 Å². The predicted molar refractivity (Wildman–Crippen MR) is 208 cm³/mol. The third-order valence-electron chi connectivity index (χ3n) is 12.5. The van der Waals surface area contributed by atoms with Crippen molar-refractivity contribution in [2.24, 2.45) is 0 Å². The number of hydrogen-bond acceptors (Lipinski definition) is 3. The Morgan fingerprint density at radius 1 is 0.449 bits per heavy atom. The second kappa shape index (κ2) is 16.4. The van der Waals surface area contributed by atoms with Crippen LogP contribution in [0.3, 0.4) is 0 Å². The van der Waals surface area contributed by atoms with Gasteiger partial charge >= 0.3 is 0 Å². The summed E-state index contributed by atoms with van der Waals surface area (Å²) < 4.78 is 7.16. The molecule has 0 aromatic heterocycles. The van der Waals surface area contributed by atoms with Crippen molar-refractivity contribution in [1.82, 2.24) is 9.80 Å². The van der Waals surface area contributed by atoms with Gasteiger partial charge in [0.25, 0.3) is 11.8 Å². The highest BCUT2D eigenvalue weighted by atomic mass is 28.4. The average Bonchev–Trinajstić information content (AvgIpc) is 3.13. The van der Waals surface area contributed by atoms with Crippen LogP contribution >= 0.6 is 0 Å². The zero-order chi connectivity index (χ0) is 34.4. The maximum Gasteiger partial charge on any atom is 0.254 e. The second-order valence-corrected chi connectivity index (χ2v) is 24.9. The number of hydrogen-bond donors (Lipinski definition) is 0. The fraction of sp³-hybridized carbons (Fsp3) is 0.667. The number of carbonyl (C=O) groups excluding carboxylic acids is 2.